The van der Waals surface area contributed by atoms with E-state index in [9.17, 15) is 4.79 Å². The Bertz CT molecular complexity index is 539. The molecule has 0 aliphatic carbocycles. The van der Waals surface area contributed by atoms with Crippen LogP contribution in [0.1, 0.15) is 34.3 Å². The molecule has 1 fully saturated rings. The molecule has 4 heteroatoms. The SMILES string of the molecule is Cc1c(C#CCCO)cccc1C(=O)NC1CCSC1. The third kappa shape index (κ3) is 3.78. The minimum atomic E-state index is -0.0131. The summed E-state index contributed by atoms with van der Waals surface area (Å²) in [7, 11) is 0. The van der Waals surface area contributed by atoms with Crippen LogP contribution in [-0.4, -0.2) is 35.2 Å². The molecule has 1 amide bonds. The zero-order valence-electron chi connectivity index (χ0n) is 11.6. The van der Waals surface area contributed by atoms with Gasteiger partial charge >= 0.3 is 0 Å². The van der Waals surface area contributed by atoms with Crippen molar-refractivity contribution in [2.45, 2.75) is 25.8 Å². The van der Waals surface area contributed by atoms with E-state index in [1.54, 1.807) is 0 Å². The van der Waals surface area contributed by atoms with Crippen molar-refractivity contribution >= 4 is 17.7 Å². The number of hydrogen-bond acceptors (Lipinski definition) is 3. The van der Waals surface area contributed by atoms with Gasteiger partial charge in [0.1, 0.15) is 0 Å². The second-order valence-electron chi connectivity index (χ2n) is 4.79. The Morgan fingerprint density at radius 2 is 2.40 bits per heavy atom. The van der Waals surface area contributed by atoms with Crippen LogP contribution < -0.4 is 5.32 Å². The summed E-state index contributed by atoms with van der Waals surface area (Å²) in [5.41, 5.74) is 2.45. The Labute approximate surface area is 124 Å². The van der Waals surface area contributed by atoms with E-state index in [-0.39, 0.29) is 18.6 Å². The molecule has 0 bridgehead atoms. The number of benzene rings is 1. The Hall–Kier alpha value is -1.44. The summed E-state index contributed by atoms with van der Waals surface area (Å²) in [6.07, 6.45) is 1.50. The van der Waals surface area contributed by atoms with Gasteiger partial charge in [-0.05, 0) is 36.8 Å². The van der Waals surface area contributed by atoms with Gasteiger partial charge in [0.05, 0.1) is 6.61 Å². The van der Waals surface area contributed by atoms with Gasteiger partial charge in [0, 0.05) is 29.3 Å². The minimum absolute atomic E-state index is 0.0131. The molecule has 1 aliphatic rings. The predicted octanol–water partition coefficient (Wildman–Crippen LogP) is 1.96. The molecule has 1 aromatic rings. The van der Waals surface area contributed by atoms with E-state index >= 15 is 0 Å². The van der Waals surface area contributed by atoms with Crippen LogP contribution in [0.25, 0.3) is 0 Å². The first kappa shape index (κ1) is 15.0. The Balaban J connectivity index is 2.13. The van der Waals surface area contributed by atoms with Crippen LogP contribution in [0.2, 0.25) is 0 Å². The highest BCUT2D eigenvalue weighted by Crippen LogP contribution is 2.19. The Morgan fingerprint density at radius 1 is 1.55 bits per heavy atom. The summed E-state index contributed by atoms with van der Waals surface area (Å²) < 4.78 is 0. The first-order valence-electron chi connectivity index (χ1n) is 6.80. The molecule has 0 spiro atoms. The van der Waals surface area contributed by atoms with Gasteiger partial charge in [0.25, 0.3) is 5.91 Å². The molecule has 1 unspecified atom stereocenters. The molecule has 1 saturated heterocycles. The quantitative estimate of drug-likeness (QED) is 0.836. The van der Waals surface area contributed by atoms with Crippen molar-refractivity contribution in [3.63, 3.8) is 0 Å². The highest BCUT2D eigenvalue weighted by Gasteiger charge is 2.19. The average molecular weight is 289 g/mol. The summed E-state index contributed by atoms with van der Waals surface area (Å²) in [4.78, 5) is 12.3. The van der Waals surface area contributed by atoms with Crippen molar-refractivity contribution in [1.29, 1.82) is 0 Å². The first-order chi connectivity index (χ1) is 9.72. The standard InChI is InChI=1S/C16H19NO2S/c1-12-13(5-2-3-9-18)6-4-7-15(12)16(19)17-14-8-10-20-11-14/h4,6-7,14,18H,3,8-11H2,1H3,(H,17,19). The molecule has 0 aromatic heterocycles. The number of amides is 1. The lowest BCUT2D eigenvalue weighted by Crippen LogP contribution is -2.35. The van der Waals surface area contributed by atoms with Crippen molar-refractivity contribution in [1.82, 2.24) is 5.32 Å². The van der Waals surface area contributed by atoms with Crippen LogP contribution in [0, 0.1) is 18.8 Å². The molecule has 106 valence electrons. The number of nitrogens with one attached hydrogen (secondary N) is 1. The molecule has 0 saturated carbocycles. The zero-order valence-corrected chi connectivity index (χ0v) is 12.4. The fraction of sp³-hybridized carbons (Fsp3) is 0.438. The maximum absolute atomic E-state index is 12.3. The molecule has 2 N–H and O–H groups in total. The van der Waals surface area contributed by atoms with E-state index in [0.717, 1.165) is 29.1 Å². The van der Waals surface area contributed by atoms with E-state index in [0.29, 0.717) is 12.0 Å². The van der Waals surface area contributed by atoms with E-state index in [1.807, 2.05) is 36.9 Å². The van der Waals surface area contributed by atoms with Crippen molar-refractivity contribution < 1.29 is 9.90 Å². The molecule has 3 nitrogen and oxygen atoms in total. The molecule has 1 atom stereocenters. The third-order valence-electron chi connectivity index (χ3n) is 3.30. The average Bonchev–Trinajstić information content (AvgIpc) is 2.93. The molecule has 1 aromatic carbocycles. The van der Waals surface area contributed by atoms with Crippen molar-refractivity contribution in [3.05, 3.63) is 34.9 Å². The van der Waals surface area contributed by atoms with Gasteiger partial charge < -0.3 is 10.4 Å². The monoisotopic (exact) mass is 289 g/mol. The fourth-order valence-corrected chi connectivity index (χ4v) is 3.29. The van der Waals surface area contributed by atoms with Crippen LogP contribution in [0.4, 0.5) is 0 Å². The van der Waals surface area contributed by atoms with Crippen molar-refractivity contribution in [3.8, 4) is 11.8 Å². The van der Waals surface area contributed by atoms with Crippen molar-refractivity contribution in [2.24, 2.45) is 0 Å². The highest BCUT2D eigenvalue weighted by atomic mass is 32.2. The van der Waals surface area contributed by atoms with Crippen LogP contribution in [0.15, 0.2) is 18.2 Å². The number of rotatable bonds is 3. The largest absolute Gasteiger partial charge is 0.395 e. The van der Waals surface area contributed by atoms with E-state index < -0.39 is 0 Å². The van der Waals surface area contributed by atoms with Gasteiger partial charge in [-0.1, -0.05) is 17.9 Å². The van der Waals surface area contributed by atoms with Gasteiger partial charge in [-0.2, -0.15) is 11.8 Å². The number of thioether (sulfide) groups is 1. The van der Waals surface area contributed by atoms with Gasteiger partial charge in [-0.25, -0.2) is 0 Å². The van der Waals surface area contributed by atoms with E-state index in [4.69, 9.17) is 5.11 Å². The summed E-state index contributed by atoms with van der Waals surface area (Å²) in [5.74, 6) is 8.01. The van der Waals surface area contributed by atoms with Crippen LogP contribution >= 0.6 is 11.8 Å². The first-order valence-corrected chi connectivity index (χ1v) is 7.96. The molecule has 20 heavy (non-hydrogen) atoms. The topological polar surface area (TPSA) is 49.3 Å². The second-order valence-corrected chi connectivity index (χ2v) is 5.94. The van der Waals surface area contributed by atoms with Gasteiger partial charge in [-0.15, -0.1) is 0 Å². The Morgan fingerprint density at radius 3 is 3.10 bits per heavy atom. The Kier molecular flexibility index (Phi) is 5.51. The zero-order chi connectivity index (χ0) is 14.4. The van der Waals surface area contributed by atoms with Crippen LogP contribution in [0.5, 0.6) is 0 Å². The van der Waals surface area contributed by atoms with Gasteiger partial charge in [0.2, 0.25) is 0 Å². The number of aliphatic hydroxyl groups is 1. The number of hydrogen-bond donors (Lipinski definition) is 2. The molecule has 1 heterocycles. The summed E-state index contributed by atoms with van der Waals surface area (Å²) in [5, 5.41) is 11.8. The second kappa shape index (κ2) is 7.37. The lowest BCUT2D eigenvalue weighted by Gasteiger charge is -2.13. The van der Waals surface area contributed by atoms with E-state index in [2.05, 4.69) is 17.2 Å². The molecular formula is C16H19NO2S. The lowest BCUT2D eigenvalue weighted by atomic mass is 10.0. The maximum Gasteiger partial charge on any atom is 0.251 e. The highest BCUT2D eigenvalue weighted by molar-refractivity contribution is 7.99. The van der Waals surface area contributed by atoms with Crippen molar-refractivity contribution in [2.75, 3.05) is 18.1 Å². The van der Waals surface area contributed by atoms with Gasteiger partial charge in [-0.3, -0.25) is 4.79 Å². The van der Waals surface area contributed by atoms with Gasteiger partial charge in [0.15, 0.2) is 0 Å². The molecular weight excluding hydrogens is 270 g/mol. The lowest BCUT2D eigenvalue weighted by molar-refractivity contribution is 0.0940. The maximum atomic E-state index is 12.3. The molecule has 1 aliphatic heterocycles. The summed E-state index contributed by atoms with van der Waals surface area (Å²) >= 11 is 1.88. The number of aliphatic hydroxyl groups excluding tert-OH is 1. The molecule has 2 rings (SSSR count). The van der Waals surface area contributed by atoms with Crippen LogP contribution in [-0.2, 0) is 0 Å². The fourth-order valence-electron chi connectivity index (χ4n) is 2.14. The van der Waals surface area contributed by atoms with E-state index in [1.165, 1.54) is 0 Å². The third-order valence-corrected chi connectivity index (χ3v) is 4.47. The summed E-state index contributed by atoms with van der Waals surface area (Å²) in [6.45, 7) is 1.98. The molecule has 0 radical (unpaired) electrons. The number of carbonyl (C=O) groups is 1. The predicted molar refractivity (Wildman–Crippen MR) is 83.0 cm³/mol. The van der Waals surface area contributed by atoms with Crippen LogP contribution in [0.3, 0.4) is 0 Å². The normalized spacial score (nSPS) is 17.4. The minimum Gasteiger partial charge on any atom is -0.395 e. The smallest absolute Gasteiger partial charge is 0.251 e. The number of carbonyl (C=O) groups excluding carboxylic acids is 1. The summed E-state index contributed by atoms with van der Waals surface area (Å²) in [6, 6.07) is 5.89.